The van der Waals surface area contributed by atoms with E-state index in [-0.39, 0.29) is 17.3 Å². The molecule has 12 heteroatoms. The van der Waals surface area contributed by atoms with Crippen molar-refractivity contribution in [1.82, 2.24) is 19.6 Å². The first-order chi connectivity index (χ1) is 14.8. The van der Waals surface area contributed by atoms with Crippen LogP contribution < -0.4 is 15.0 Å². The number of aromatic nitrogens is 4. The lowest BCUT2D eigenvalue weighted by Gasteiger charge is -2.13. The van der Waals surface area contributed by atoms with Gasteiger partial charge in [-0.15, -0.1) is 0 Å². The Morgan fingerprint density at radius 3 is 2.52 bits per heavy atom. The fourth-order valence-corrected chi connectivity index (χ4v) is 4.03. The van der Waals surface area contributed by atoms with Crippen molar-refractivity contribution in [2.24, 2.45) is 0 Å². The summed E-state index contributed by atoms with van der Waals surface area (Å²) >= 11 is 0. The van der Waals surface area contributed by atoms with Crippen molar-refractivity contribution < 1.29 is 21.9 Å². The lowest BCUT2D eigenvalue weighted by molar-refractivity contribution is 0.400. The third kappa shape index (κ3) is 3.80. The lowest BCUT2D eigenvalue weighted by Crippen LogP contribution is -2.17. The van der Waals surface area contributed by atoms with E-state index in [0.29, 0.717) is 11.2 Å². The molecule has 1 aromatic carbocycles. The SMILES string of the molecule is COc1ncc(-c2ccc3nccc(=O)n3n2)cc1NS(=O)(=O)c1c(F)cccc1F. The van der Waals surface area contributed by atoms with Crippen LogP contribution in [0.2, 0.25) is 0 Å². The summed E-state index contributed by atoms with van der Waals surface area (Å²) in [7, 11) is -3.40. The molecule has 0 aliphatic rings. The van der Waals surface area contributed by atoms with Crippen LogP contribution in [0.15, 0.2) is 64.5 Å². The molecule has 0 fully saturated rings. The Kier molecular flexibility index (Phi) is 5.07. The standard InChI is InChI=1S/C19H13F2N5O4S/c1-30-19-15(25-31(28,29)18-12(20)3-2-4-13(18)21)9-11(10-23-19)14-5-6-16-22-8-7-17(27)26(16)24-14/h2-10,25H,1H3. The van der Waals surface area contributed by atoms with Gasteiger partial charge in [-0.25, -0.2) is 27.2 Å². The summed E-state index contributed by atoms with van der Waals surface area (Å²) in [6.45, 7) is 0. The Morgan fingerprint density at radius 2 is 1.81 bits per heavy atom. The van der Waals surface area contributed by atoms with Crippen LogP contribution in [-0.2, 0) is 10.0 Å². The first-order valence-electron chi connectivity index (χ1n) is 8.66. The zero-order valence-electron chi connectivity index (χ0n) is 15.8. The van der Waals surface area contributed by atoms with E-state index >= 15 is 0 Å². The molecular formula is C19H13F2N5O4S. The van der Waals surface area contributed by atoms with E-state index in [1.807, 2.05) is 0 Å². The molecule has 4 rings (SSSR count). The first-order valence-corrected chi connectivity index (χ1v) is 10.1. The monoisotopic (exact) mass is 445 g/mol. The molecule has 4 aromatic rings. The molecular weight excluding hydrogens is 432 g/mol. The Bertz CT molecular complexity index is 1450. The highest BCUT2D eigenvalue weighted by Crippen LogP contribution is 2.30. The largest absolute Gasteiger partial charge is 0.480 e. The Hall–Kier alpha value is -3.93. The number of anilines is 1. The summed E-state index contributed by atoms with van der Waals surface area (Å²) in [5, 5.41) is 4.19. The van der Waals surface area contributed by atoms with Crippen LogP contribution in [0, 0.1) is 11.6 Å². The molecule has 0 bridgehead atoms. The Morgan fingerprint density at radius 1 is 1.06 bits per heavy atom. The molecule has 0 spiro atoms. The summed E-state index contributed by atoms with van der Waals surface area (Å²) in [4.78, 5) is 18.9. The van der Waals surface area contributed by atoms with Crippen LogP contribution in [0.25, 0.3) is 16.9 Å². The summed E-state index contributed by atoms with van der Waals surface area (Å²) in [6, 6.07) is 8.36. The third-order valence-corrected chi connectivity index (χ3v) is 5.64. The van der Waals surface area contributed by atoms with Gasteiger partial charge in [-0.3, -0.25) is 9.52 Å². The highest BCUT2D eigenvalue weighted by molar-refractivity contribution is 7.92. The van der Waals surface area contributed by atoms with E-state index in [0.717, 1.165) is 22.7 Å². The van der Waals surface area contributed by atoms with Crippen LogP contribution in [0.1, 0.15) is 0 Å². The molecule has 0 aliphatic heterocycles. The maximum atomic E-state index is 14.0. The quantitative estimate of drug-likeness (QED) is 0.501. The van der Waals surface area contributed by atoms with Gasteiger partial charge in [-0.2, -0.15) is 9.61 Å². The number of nitrogens with zero attached hydrogens (tertiary/aromatic N) is 4. The molecule has 158 valence electrons. The minimum absolute atomic E-state index is 0.135. The minimum atomic E-state index is -4.65. The minimum Gasteiger partial charge on any atom is -0.480 e. The van der Waals surface area contributed by atoms with Crippen molar-refractivity contribution >= 4 is 21.4 Å². The number of hydrogen-bond acceptors (Lipinski definition) is 7. The fourth-order valence-electron chi connectivity index (χ4n) is 2.84. The predicted molar refractivity (Wildman–Crippen MR) is 106 cm³/mol. The lowest BCUT2D eigenvalue weighted by atomic mass is 10.2. The van der Waals surface area contributed by atoms with Crippen LogP contribution in [0.5, 0.6) is 5.88 Å². The Balaban J connectivity index is 1.80. The highest BCUT2D eigenvalue weighted by Gasteiger charge is 2.25. The van der Waals surface area contributed by atoms with Crippen molar-refractivity contribution in [1.29, 1.82) is 0 Å². The zero-order chi connectivity index (χ0) is 22.2. The number of nitrogens with one attached hydrogen (secondary N) is 1. The van der Waals surface area contributed by atoms with E-state index in [1.165, 1.54) is 31.6 Å². The number of methoxy groups -OCH3 is 1. The van der Waals surface area contributed by atoms with Gasteiger partial charge in [0.05, 0.1) is 12.8 Å². The maximum Gasteiger partial charge on any atom is 0.274 e. The van der Waals surface area contributed by atoms with Crippen molar-refractivity contribution in [2.75, 3.05) is 11.8 Å². The number of pyridine rings is 1. The molecule has 0 saturated carbocycles. The van der Waals surface area contributed by atoms with Gasteiger partial charge in [0.2, 0.25) is 5.88 Å². The van der Waals surface area contributed by atoms with Gasteiger partial charge in [0.25, 0.3) is 15.6 Å². The van der Waals surface area contributed by atoms with Crippen LogP contribution >= 0.6 is 0 Å². The van der Waals surface area contributed by atoms with Crippen LogP contribution in [-0.4, -0.2) is 35.1 Å². The molecule has 0 amide bonds. The summed E-state index contributed by atoms with van der Waals surface area (Å²) in [5.41, 5.74) is 0.307. The van der Waals surface area contributed by atoms with E-state index in [4.69, 9.17) is 4.74 Å². The van der Waals surface area contributed by atoms with E-state index in [2.05, 4.69) is 19.8 Å². The van der Waals surface area contributed by atoms with Gasteiger partial charge >= 0.3 is 0 Å². The second kappa shape index (κ2) is 7.72. The zero-order valence-corrected chi connectivity index (χ0v) is 16.6. The first kappa shape index (κ1) is 20.3. The fraction of sp³-hybridized carbons (Fsp3) is 0.0526. The molecule has 0 radical (unpaired) electrons. The number of halogens is 2. The molecule has 0 saturated heterocycles. The predicted octanol–water partition coefficient (Wildman–Crippen LogP) is 2.24. The van der Waals surface area contributed by atoms with Gasteiger partial charge in [-0.1, -0.05) is 6.07 Å². The van der Waals surface area contributed by atoms with Crippen LogP contribution in [0.4, 0.5) is 14.5 Å². The van der Waals surface area contributed by atoms with E-state index < -0.39 is 32.1 Å². The topological polar surface area (TPSA) is 116 Å². The number of benzene rings is 1. The summed E-state index contributed by atoms with van der Waals surface area (Å²) in [5.74, 6) is -2.64. The maximum absolute atomic E-state index is 14.0. The van der Waals surface area contributed by atoms with E-state index in [1.54, 1.807) is 12.1 Å². The molecule has 0 unspecified atom stereocenters. The molecule has 3 heterocycles. The number of ether oxygens (including phenoxy) is 1. The Labute approximate surface area is 174 Å². The number of hydrogen-bond donors (Lipinski definition) is 1. The number of sulfonamides is 1. The summed E-state index contributed by atoms with van der Waals surface area (Å²) in [6.07, 6.45) is 2.69. The molecule has 0 aliphatic carbocycles. The van der Waals surface area contributed by atoms with Crippen molar-refractivity contribution in [3.8, 4) is 17.1 Å². The number of fused-ring (bicyclic) bond motifs is 1. The molecule has 0 atom stereocenters. The second-order valence-electron chi connectivity index (χ2n) is 6.21. The van der Waals surface area contributed by atoms with Crippen LogP contribution in [0.3, 0.4) is 0 Å². The molecule has 3 aromatic heterocycles. The highest BCUT2D eigenvalue weighted by atomic mass is 32.2. The van der Waals surface area contributed by atoms with Crippen molar-refractivity contribution in [3.63, 3.8) is 0 Å². The molecule has 1 N–H and O–H groups in total. The second-order valence-corrected chi connectivity index (χ2v) is 7.83. The van der Waals surface area contributed by atoms with Gasteiger partial charge in [-0.05, 0) is 30.3 Å². The number of rotatable bonds is 5. The smallest absolute Gasteiger partial charge is 0.274 e. The average molecular weight is 445 g/mol. The molecule has 31 heavy (non-hydrogen) atoms. The van der Waals surface area contributed by atoms with E-state index in [9.17, 15) is 22.0 Å². The molecule has 9 nitrogen and oxygen atoms in total. The van der Waals surface area contributed by atoms with Gasteiger partial charge in [0, 0.05) is 24.0 Å². The van der Waals surface area contributed by atoms with Gasteiger partial charge in [0.1, 0.15) is 17.3 Å². The summed E-state index contributed by atoms with van der Waals surface area (Å²) < 4.78 is 61.5. The van der Waals surface area contributed by atoms with Crippen molar-refractivity contribution in [3.05, 3.63) is 76.8 Å². The van der Waals surface area contributed by atoms with Gasteiger partial charge in [0.15, 0.2) is 10.5 Å². The third-order valence-electron chi connectivity index (χ3n) is 4.22. The van der Waals surface area contributed by atoms with Gasteiger partial charge < -0.3 is 4.74 Å². The van der Waals surface area contributed by atoms with Crippen molar-refractivity contribution in [2.45, 2.75) is 4.90 Å². The average Bonchev–Trinajstić information content (AvgIpc) is 2.73. The normalized spacial score (nSPS) is 11.5.